The summed E-state index contributed by atoms with van der Waals surface area (Å²) in [5.41, 5.74) is 0.942. The number of carbonyl (C=O) groups excluding carboxylic acids is 1. The molecule has 0 aromatic heterocycles. The van der Waals surface area contributed by atoms with Gasteiger partial charge in [0.1, 0.15) is 0 Å². The molecule has 1 unspecified atom stereocenters. The van der Waals surface area contributed by atoms with Crippen LogP contribution in [0.3, 0.4) is 0 Å². The quantitative estimate of drug-likeness (QED) is 0.738. The van der Waals surface area contributed by atoms with Gasteiger partial charge in [0, 0.05) is 12.5 Å². The van der Waals surface area contributed by atoms with Gasteiger partial charge >= 0.3 is 0 Å². The van der Waals surface area contributed by atoms with Crippen molar-refractivity contribution in [2.45, 2.75) is 30.7 Å². The molecule has 128 valence electrons. The van der Waals surface area contributed by atoms with Crippen molar-refractivity contribution in [3.05, 3.63) is 29.8 Å². The molecule has 6 nitrogen and oxygen atoms in total. The number of halogens is 1. The van der Waals surface area contributed by atoms with Crippen LogP contribution in [0.2, 0.25) is 0 Å². The van der Waals surface area contributed by atoms with E-state index in [2.05, 4.69) is 10.6 Å². The van der Waals surface area contributed by atoms with Crippen molar-refractivity contribution in [2.24, 2.45) is 16.5 Å². The van der Waals surface area contributed by atoms with Crippen LogP contribution in [0.1, 0.15) is 24.8 Å². The molecule has 1 saturated carbocycles. The third-order valence-corrected chi connectivity index (χ3v) is 5.71. The smallest absolute Gasteiger partial charge is 0.238 e. The molecule has 23 heavy (non-hydrogen) atoms. The number of piperidine rings is 1. The number of primary sulfonamides is 1. The maximum absolute atomic E-state index is 12.3. The van der Waals surface area contributed by atoms with Gasteiger partial charge < -0.3 is 10.6 Å². The topological polar surface area (TPSA) is 101 Å². The highest BCUT2D eigenvalue weighted by atomic mass is 35.5. The molecule has 0 radical (unpaired) electrons. The number of benzene rings is 1. The van der Waals surface area contributed by atoms with Gasteiger partial charge in [0.25, 0.3) is 0 Å². The molecule has 3 rings (SSSR count). The van der Waals surface area contributed by atoms with Crippen LogP contribution in [0.25, 0.3) is 0 Å². The predicted octanol–water partition coefficient (Wildman–Crippen LogP) is 0.762. The number of hydrogen-bond acceptors (Lipinski definition) is 4. The number of amides is 1. The van der Waals surface area contributed by atoms with Crippen LogP contribution < -0.4 is 15.8 Å². The van der Waals surface area contributed by atoms with E-state index < -0.39 is 10.0 Å². The average Bonchev–Trinajstić information content (AvgIpc) is 3.18. The molecule has 1 aromatic rings. The number of sulfonamides is 1. The molecule has 1 amide bonds. The molecule has 1 aliphatic carbocycles. The van der Waals surface area contributed by atoms with E-state index in [1.807, 2.05) is 0 Å². The van der Waals surface area contributed by atoms with E-state index in [1.54, 1.807) is 12.1 Å². The van der Waals surface area contributed by atoms with Crippen molar-refractivity contribution in [2.75, 3.05) is 13.1 Å². The Morgan fingerprint density at radius 2 is 2.04 bits per heavy atom. The molecule has 1 heterocycles. The number of carbonyl (C=O) groups is 1. The third-order valence-electron chi connectivity index (χ3n) is 4.80. The summed E-state index contributed by atoms with van der Waals surface area (Å²) in [6.07, 6.45) is 3.09. The van der Waals surface area contributed by atoms with Gasteiger partial charge in [-0.2, -0.15) is 0 Å². The van der Waals surface area contributed by atoms with E-state index in [-0.39, 0.29) is 34.5 Å². The molecule has 2 fully saturated rings. The Morgan fingerprint density at radius 3 is 2.70 bits per heavy atom. The summed E-state index contributed by atoms with van der Waals surface area (Å²) in [5.74, 6) is 0.180. The van der Waals surface area contributed by atoms with E-state index in [4.69, 9.17) is 5.14 Å². The predicted molar refractivity (Wildman–Crippen MR) is 89.6 cm³/mol. The van der Waals surface area contributed by atoms with Crippen molar-refractivity contribution in [3.63, 3.8) is 0 Å². The fourth-order valence-corrected chi connectivity index (χ4v) is 3.92. The highest BCUT2D eigenvalue weighted by Crippen LogP contribution is 2.58. The Morgan fingerprint density at radius 1 is 1.35 bits per heavy atom. The Kier molecular flexibility index (Phi) is 5.35. The van der Waals surface area contributed by atoms with Gasteiger partial charge in [-0.3, -0.25) is 4.79 Å². The van der Waals surface area contributed by atoms with Gasteiger partial charge in [-0.25, -0.2) is 13.6 Å². The summed E-state index contributed by atoms with van der Waals surface area (Å²) in [6.45, 7) is 2.30. The molecular weight excluding hydrogens is 338 g/mol. The molecule has 1 spiro atoms. The molecule has 1 saturated heterocycles. The third kappa shape index (κ3) is 4.03. The molecule has 0 bridgehead atoms. The first-order valence-electron chi connectivity index (χ1n) is 7.51. The zero-order valence-electron chi connectivity index (χ0n) is 12.7. The van der Waals surface area contributed by atoms with E-state index in [0.29, 0.717) is 6.54 Å². The fraction of sp³-hybridized carbons (Fsp3) is 0.533. The standard InChI is InChI=1S/C15H21N3O3S.ClH/c16-22(20,21)12-3-1-2-11(8-12)10-18-14(19)13-9-15(13)4-6-17-7-5-15;/h1-3,8,13,17H,4-7,9-10H2,(H,18,19)(H2,16,20,21);1H. The highest BCUT2D eigenvalue weighted by molar-refractivity contribution is 7.89. The highest BCUT2D eigenvalue weighted by Gasteiger charge is 2.57. The van der Waals surface area contributed by atoms with Crippen LogP contribution in [0.5, 0.6) is 0 Å². The van der Waals surface area contributed by atoms with Crippen molar-refractivity contribution in [1.29, 1.82) is 0 Å². The van der Waals surface area contributed by atoms with Gasteiger partial charge in [-0.1, -0.05) is 12.1 Å². The number of rotatable bonds is 4. The van der Waals surface area contributed by atoms with Crippen LogP contribution in [-0.2, 0) is 21.4 Å². The summed E-state index contributed by atoms with van der Waals surface area (Å²) in [5, 5.41) is 11.3. The number of nitrogens with one attached hydrogen (secondary N) is 2. The Labute approximate surface area is 142 Å². The largest absolute Gasteiger partial charge is 0.352 e. The molecule has 4 N–H and O–H groups in total. The van der Waals surface area contributed by atoms with Gasteiger partial charge in [-0.05, 0) is 55.5 Å². The first-order chi connectivity index (χ1) is 10.4. The number of hydrogen-bond donors (Lipinski definition) is 3. The van der Waals surface area contributed by atoms with Gasteiger partial charge in [0.05, 0.1) is 4.90 Å². The summed E-state index contributed by atoms with van der Waals surface area (Å²) in [6, 6.07) is 6.36. The van der Waals surface area contributed by atoms with E-state index >= 15 is 0 Å². The second kappa shape index (κ2) is 6.76. The molecule has 1 aromatic carbocycles. The van der Waals surface area contributed by atoms with E-state index in [0.717, 1.165) is 37.9 Å². The van der Waals surface area contributed by atoms with Gasteiger partial charge in [-0.15, -0.1) is 12.4 Å². The second-order valence-corrected chi connectivity index (χ2v) is 7.84. The van der Waals surface area contributed by atoms with E-state index in [9.17, 15) is 13.2 Å². The molecule has 2 aliphatic rings. The lowest BCUT2D eigenvalue weighted by Crippen LogP contribution is -2.33. The van der Waals surface area contributed by atoms with Crippen molar-refractivity contribution >= 4 is 28.3 Å². The summed E-state index contributed by atoms with van der Waals surface area (Å²) in [7, 11) is -3.71. The van der Waals surface area contributed by atoms with Crippen LogP contribution >= 0.6 is 12.4 Å². The maximum Gasteiger partial charge on any atom is 0.238 e. The second-order valence-electron chi connectivity index (χ2n) is 6.28. The van der Waals surface area contributed by atoms with Crippen molar-refractivity contribution < 1.29 is 13.2 Å². The number of nitrogens with two attached hydrogens (primary N) is 1. The van der Waals surface area contributed by atoms with Crippen molar-refractivity contribution in [3.8, 4) is 0 Å². The Balaban J connectivity index is 0.00000192. The Bertz CT molecular complexity index is 687. The normalized spacial score (nSPS) is 22.2. The lowest BCUT2D eigenvalue weighted by molar-refractivity contribution is -0.123. The summed E-state index contributed by atoms with van der Waals surface area (Å²) in [4.78, 5) is 12.3. The zero-order chi connectivity index (χ0) is 15.8. The minimum absolute atomic E-state index is 0. The van der Waals surface area contributed by atoms with Crippen LogP contribution in [0.15, 0.2) is 29.2 Å². The van der Waals surface area contributed by atoms with Crippen LogP contribution in [0.4, 0.5) is 0 Å². The average molecular weight is 360 g/mol. The minimum atomic E-state index is -3.71. The summed E-state index contributed by atoms with van der Waals surface area (Å²) < 4.78 is 22.7. The lowest BCUT2D eigenvalue weighted by Gasteiger charge is -2.23. The lowest BCUT2D eigenvalue weighted by atomic mass is 9.92. The first kappa shape index (κ1) is 18.2. The SMILES string of the molecule is Cl.NS(=O)(=O)c1cccc(CNC(=O)C2CC23CCNCC3)c1. The molecule has 1 aliphatic heterocycles. The van der Waals surface area contributed by atoms with E-state index in [1.165, 1.54) is 12.1 Å². The molecule has 8 heteroatoms. The molecular formula is C15H22ClN3O3S. The minimum Gasteiger partial charge on any atom is -0.352 e. The van der Waals surface area contributed by atoms with Gasteiger partial charge in [0.2, 0.25) is 15.9 Å². The van der Waals surface area contributed by atoms with Crippen LogP contribution in [-0.4, -0.2) is 27.4 Å². The van der Waals surface area contributed by atoms with Gasteiger partial charge in [0.15, 0.2) is 0 Å². The summed E-state index contributed by atoms with van der Waals surface area (Å²) >= 11 is 0. The fourth-order valence-electron chi connectivity index (χ4n) is 3.34. The first-order valence-corrected chi connectivity index (χ1v) is 9.06. The monoisotopic (exact) mass is 359 g/mol. The maximum atomic E-state index is 12.3. The zero-order valence-corrected chi connectivity index (χ0v) is 14.4. The Hall–Kier alpha value is -1.15. The van der Waals surface area contributed by atoms with Crippen molar-refractivity contribution in [1.82, 2.24) is 10.6 Å². The van der Waals surface area contributed by atoms with Crippen LogP contribution in [0, 0.1) is 11.3 Å². The molecule has 1 atom stereocenters.